The van der Waals surface area contributed by atoms with E-state index in [1.54, 1.807) is 14.2 Å². The van der Waals surface area contributed by atoms with Crippen LogP contribution in [-0.4, -0.2) is 39.0 Å². The summed E-state index contributed by atoms with van der Waals surface area (Å²) in [5.74, 6) is 0. The molecule has 58 valence electrons. The van der Waals surface area contributed by atoms with Crippen LogP contribution < -0.4 is 0 Å². The van der Waals surface area contributed by atoms with Gasteiger partial charge in [-0.15, -0.1) is 0 Å². The number of methoxy groups -OCH3 is 2. The molecular weight excluding hydrogens is 136 g/mol. The molecule has 0 unspecified atom stereocenters. The Morgan fingerprint density at radius 1 is 0.900 bits per heavy atom. The van der Waals surface area contributed by atoms with Gasteiger partial charge in [0.25, 0.3) is 0 Å². The van der Waals surface area contributed by atoms with Crippen molar-refractivity contribution in [2.45, 2.75) is 24.8 Å². The number of rotatable bonds is 2. The fourth-order valence-corrected chi connectivity index (χ4v) is 1.24. The number of fused-ring (bicyclic) bond motifs is 1. The zero-order chi connectivity index (χ0) is 7.14. The molecule has 0 saturated carbocycles. The Balaban J connectivity index is 1.95. The molecule has 2 aliphatic heterocycles. The molecule has 0 bridgehead atoms. The van der Waals surface area contributed by atoms with Crippen molar-refractivity contribution in [2.75, 3.05) is 14.2 Å². The third-order valence-corrected chi connectivity index (χ3v) is 1.83. The first-order chi connectivity index (χ1) is 4.86. The Kier molecular flexibility index (Phi) is 1.42. The zero-order valence-electron chi connectivity index (χ0n) is 5.94. The SMILES string of the molecule is CO[C@@H]1O[C@H](OC)[C@@H]2O[C@@H]12. The molecule has 0 radical (unpaired) electrons. The van der Waals surface area contributed by atoms with Crippen LogP contribution in [0.3, 0.4) is 0 Å². The minimum absolute atomic E-state index is 0.106. The van der Waals surface area contributed by atoms with E-state index in [1.807, 2.05) is 0 Å². The summed E-state index contributed by atoms with van der Waals surface area (Å²) in [5.41, 5.74) is 0. The van der Waals surface area contributed by atoms with Gasteiger partial charge in [-0.3, -0.25) is 0 Å². The quantitative estimate of drug-likeness (QED) is 0.503. The van der Waals surface area contributed by atoms with Crippen LogP contribution in [0.1, 0.15) is 0 Å². The van der Waals surface area contributed by atoms with Crippen LogP contribution in [0, 0.1) is 0 Å². The van der Waals surface area contributed by atoms with E-state index in [4.69, 9.17) is 18.9 Å². The van der Waals surface area contributed by atoms with Crippen LogP contribution in [0.15, 0.2) is 0 Å². The van der Waals surface area contributed by atoms with Gasteiger partial charge in [-0.2, -0.15) is 0 Å². The summed E-state index contributed by atoms with van der Waals surface area (Å²) in [5, 5.41) is 0. The summed E-state index contributed by atoms with van der Waals surface area (Å²) in [6, 6.07) is 0. The van der Waals surface area contributed by atoms with Crippen molar-refractivity contribution in [1.82, 2.24) is 0 Å². The number of hydrogen-bond donors (Lipinski definition) is 0. The van der Waals surface area contributed by atoms with Crippen molar-refractivity contribution in [3.05, 3.63) is 0 Å². The predicted octanol–water partition coefficient (Wildman–Crippen LogP) is -0.271. The maximum Gasteiger partial charge on any atom is 0.189 e. The molecule has 2 heterocycles. The minimum Gasteiger partial charge on any atom is -0.358 e. The van der Waals surface area contributed by atoms with Gasteiger partial charge in [-0.05, 0) is 0 Å². The fraction of sp³-hybridized carbons (Fsp3) is 1.00. The van der Waals surface area contributed by atoms with Gasteiger partial charge in [-0.1, -0.05) is 0 Å². The standard InChI is InChI=1S/C6H10O4/c1-7-5-3-4(9-3)6(8-2)10-5/h3-6H,1-2H3/t3-,4-,5-,6+/m1/s1. The highest BCUT2D eigenvalue weighted by molar-refractivity contribution is 4.96. The summed E-state index contributed by atoms with van der Waals surface area (Å²) in [6.07, 6.45) is -0.241. The topological polar surface area (TPSA) is 40.2 Å². The molecule has 0 aromatic rings. The molecule has 4 nitrogen and oxygen atoms in total. The largest absolute Gasteiger partial charge is 0.358 e. The lowest BCUT2D eigenvalue weighted by atomic mass is 10.3. The van der Waals surface area contributed by atoms with Gasteiger partial charge >= 0.3 is 0 Å². The van der Waals surface area contributed by atoms with E-state index in [0.717, 1.165) is 0 Å². The van der Waals surface area contributed by atoms with Crippen molar-refractivity contribution in [1.29, 1.82) is 0 Å². The molecule has 0 aromatic heterocycles. The van der Waals surface area contributed by atoms with Crippen LogP contribution in [0.4, 0.5) is 0 Å². The second kappa shape index (κ2) is 2.17. The molecule has 0 N–H and O–H groups in total. The maximum absolute atomic E-state index is 5.25. The summed E-state index contributed by atoms with van der Waals surface area (Å²) in [7, 11) is 3.20. The lowest BCUT2D eigenvalue weighted by Crippen LogP contribution is -2.22. The van der Waals surface area contributed by atoms with Crippen LogP contribution in [0.2, 0.25) is 0 Å². The van der Waals surface area contributed by atoms with Gasteiger partial charge < -0.3 is 18.9 Å². The van der Waals surface area contributed by atoms with E-state index in [9.17, 15) is 0 Å². The van der Waals surface area contributed by atoms with Gasteiger partial charge in [0.15, 0.2) is 12.6 Å². The highest BCUT2D eigenvalue weighted by Crippen LogP contribution is 2.39. The third-order valence-electron chi connectivity index (χ3n) is 1.83. The molecule has 0 spiro atoms. The van der Waals surface area contributed by atoms with E-state index in [-0.39, 0.29) is 24.8 Å². The van der Waals surface area contributed by atoms with E-state index in [1.165, 1.54) is 0 Å². The van der Waals surface area contributed by atoms with Gasteiger partial charge in [-0.25, -0.2) is 0 Å². The van der Waals surface area contributed by atoms with Gasteiger partial charge in [0.1, 0.15) is 12.2 Å². The van der Waals surface area contributed by atoms with Gasteiger partial charge in [0, 0.05) is 14.2 Å². The van der Waals surface area contributed by atoms with Crippen LogP contribution in [0.5, 0.6) is 0 Å². The fourth-order valence-electron chi connectivity index (χ4n) is 1.24. The highest BCUT2D eigenvalue weighted by atomic mass is 16.8. The van der Waals surface area contributed by atoms with Crippen LogP contribution in [-0.2, 0) is 18.9 Å². The monoisotopic (exact) mass is 146 g/mol. The van der Waals surface area contributed by atoms with Crippen LogP contribution in [0.25, 0.3) is 0 Å². The van der Waals surface area contributed by atoms with Gasteiger partial charge in [0.05, 0.1) is 0 Å². The molecular formula is C6H10O4. The Bertz CT molecular complexity index is 124. The van der Waals surface area contributed by atoms with Crippen molar-refractivity contribution in [3.63, 3.8) is 0 Å². The van der Waals surface area contributed by atoms with Crippen molar-refractivity contribution >= 4 is 0 Å². The molecule has 0 amide bonds. The number of epoxide rings is 1. The number of hydrogen-bond acceptors (Lipinski definition) is 4. The molecule has 10 heavy (non-hydrogen) atoms. The summed E-state index contributed by atoms with van der Waals surface area (Å²) in [4.78, 5) is 0. The molecule has 4 heteroatoms. The molecule has 2 aliphatic rings. The smallest absolute Gasteiger partial charge is 0.189 e. The first kappa shape index (κ1) is 6.54. The molecule has 4 atom stereocenters. The molecule has 2 saturated heterocycles. The second-order valence-electron chi connectivity index (χ2n) is 2.41. The minimum atomic E-state index is -0.227. The Morgan fingerprint density at radius 3 is 1.70 bits per heavy atom. The van der Waals surface area contributed by atoms with E-state index >= 15 is 0 Å². The van der Waals surface area contributed by atoms with Gasteiger partial charge in [0.2, 0.25) is 0 Å². The van der Waals surface area contributed by atoms with E-state index in [2.05, 4.69) is 0 Å². The second-order valence-corrected chi connectivity index (χ2v) is 2.41. The summed E-state index contributed by atoms with van der Waals surface area (Å²) >= 11 is 0. The Hall–Kier alpha value is -0.160. The average Bonchev–Trinajstić information content (AvgIpc) is 2.67. The highest BCUT2D eigenvalue weighted by Gasteiger charge is 2.59. The first-order valence-corrected chi connectivity index (χ1v) is 3.23. The normalized spacial score (nSPS) is 51.0. The zero-order valence-corrected chi connectivity index (χ0v) is 5.94. The van der Waals surface area contributed by atoms with Crippen LogP contribution >= 0.6 is 0 Å². The van der Waals surface area contributed by atoms with Crippen molar-refractivity contribution < 1.29 is 18.9 Å². The van der Waals surface area contributed by atoms with E-state index < -0.39 is 0 Å². The molecule has 2 fully saturated rings. The number of ether oxygens (including phenoxy) is 4. The summed E-state index contributed by atoms with van der Waals surface area (Å²) in [6.45, 7) is 0. The predicted molar refractivity (Wildman–Crippen MR) is 31.3 cm³/mol. The van der Waals surface area contributed by atoms with Crippen molar-refractivity contribution in [2.24, 2.45) is 0 Å². The Labute approximate surface area is 59.0 Å². The first-order valence-electron chi connectivity index (χ1n) is 3.23. The average molecular weight is 146 g/mol. The lowest BCUT2D eigenvalue weighted by Gasteiger charge is -2.13. The Morgan fingerprint density at radius 2 is 1.40 bits per heavy atom. The lowest BCUT2D eigenvalue weighted by molar-refractivity contribution is -0.226. The molecule has 0 aliphatic carbocycles. The van der Waals surface area contributed by atoms with E-state index in [0.29, 0.717) is 0 Å². The maximum atomic E-state index is 5.25. The molecule has 2 rings (SSSR count). The third kappa shape index (κ3) is 0.769. The summed E-state index contributed by atoms with van der Waals surface area (Å²) < 4.78 is 20.4. The van der Waals surface area contributed by atoms with Crippen molar-refractivity contribution in [3.8, 4) is 0 Å². The molecule has 0 aromatic carbocycles.